The summed E-state index contributed by atoms with van der Waals surface area (Å²) in [5.74, 6) is 1.87. The third-order valence-corrected chi connectivity index (χ3v) is 4.63. The zero-order valence-electron chi connectivity index (χ0n) is 13.9. The van der Waals surface area contributed by atoms with E-state index >= 15 is 0 Å². The van der Waals surface area contributed by atoms with Crippen molar-refractivity contribution in [1.82, 2.24) is 19.9 Å². The van der Waals surface area contributed by atoms with Crippen LogP contribution in [0.4, 0.5) is 11.8 Å². The minimum absolute atomic E-state index is 0.825. The summed E-state index contributed by atoms with van der Waals surface area (Å²) in [6, 6.07) is 0. The summed E-state index contributed by atoms with van der Waals surface area (Å²) in [5, 5.41) is 0.825. The summed E-state index contributed by atoms with van der Waals surface area (Å²) in [5.41, 5.74) is 2.30. The Kier molecular flexibility index (Phi) is 4.95. The molecule has 0 radical (unpaired) electrons. The second kappa shape index (κ2) is 7.12. The molecule has 0 saturated carbocycles. The van der Waals surface area contributed by atoms with E-state index < -0.39 is 0 Å². The number of anilines is 2. The van der Waals surface area contributed by atoms with E-state index in [4.69, 9.17) is 0 Å². The van der Waals surface area contributed by atoms with Crippen molar-refractivity contribution in [2.75, 3.05) is 42.2 Å². The second-order valence-electron chi connectivity index (χ2n) is 5.58. The highest BCUT2D eigenvalue weighted by molar-refractivity contribution is 7.98. The zero-order chi connectivity index (χ0) is 16.2. The molecule has 0 atom stereocenters. The molecule has 2 aromatic heterocycles. The Hall–Kier alpha value is -1.89. The van der Waals surface area contributed by atoms with Gasteiger partial charge < -0.3 is 9.80 Å². The predicted molar refractivity (Wildman–Crippen MR) is 94.4 cm³/mol. The number of aromatic nitrogens is 4. The summed E-state index contributed by atoms with van der Waals surface area (Å²) < 4.78 is 0. The average molecular weight is 330 g/mol. The summed E-state index contributed by atoms with van der Waals surface area (Å²) in [6.45, 7) is 7.84. The lowest BCUT2D eigenvalue weighted by Crippen LogP contribution is -2.47. The summed E-state index contributed by atoms with van der Waals surface area (Å²) in [6.07, 6.45) is 8.73. The first-order valence-corrected chi connectivity index (χ1v) is 9.12. The molecule has 0 aromatic carbocycles. The molecule has 7 heteroatoms. The maximum atomic E-state index is 4.66. The van der Waals surface area contributed by atoms with Crippen LogP contribution in [0.5, 0.6) is 0 Å². The van der Waals surface area contributed by atoms with Crippen molar-refractivity contribution in [3.05, 3.63) is 29.7 Å². The Morgan fingerprint density at radius 1 is 1.00 bits per heavy atom. The third-order valence-electron chi connectivity index (χ3n) is 4.07. The van der Waals surface area contributed by atoms with E-state index in [1.54, 1.807) is 11.8 Å². The Balaban J connectivity index is 1.68. The third kappa shape index (κ3) is 3.55. The topological polar surface area (TPSA) is 58.0 Å². The zero-order valence-corrected chi connectivity index (χ0v) is 14.7. The molecule has 1 fully saturated rings. The number of aryl methyl sites for hydroxylation is 2. The Bertz CT molecular complexity index is 652. The van der Waals surface area contributed by atoms with Crippen LogP contribution >= 0.6 is 11.8 Å². The van der Waals surface area contributed by atoms with E-state index in [0.717, 1.165) is 55.1 Å². The van der Waals surface area contributed by atoms with Crippen molar-refractivity contribution in [2.45, 2.75) is 25.4 Å². The van der Waals surface area contributed by atoms with Crippen LogP contribution in [-0.4, -0.2) is 52.4 Å². The van der Waals surface area contributed by atoms with Gasteiger partial charge in [-0.05, 0) is 25.2 Å². The van der Waals surface area contributed by atoms with Crippen LogP contribution in [0.1, 0.15) is 18.1 Å². The quantitative estimate of drug-likeness (QED) is 0.629. The average Bonchev–Trinajstić information content (AvgIpc) is 2.62. The van der Waals surface area contributed by atoms with Crippen LogP contribution in [-0.2, 0) is 6.42 Å². The van der Waals surface area contributed by atoms with Gasteiger partial charge in [0.1, 0.15) is 5.82 Å². The molecule has 6 nitrogen and oxygen atoms in total. The normalized spacial score (nSPS) is 15.1. The van der Waals surface area contributed by atoms with E-state index in [2.05, 4.69) is 43.6 Å². The van der Waals surface area contributed by atoms with E-state index in [1.807, 2.05) is 24.8 Å². The number of hydrogen-bond donors (Lipinski definition) is 0. The second-order valence-corrected chi connectivity index (χ2v) is 6.36. The van der Waals surface area contributed by atoms with Crippen molar-refractivity contribution in [2.24, 2.45) is 0 Å². The van der Waals surface area contributed by atoms with Gasteiger partial charge in [-0.25, -0.2) is 19.9 Å². The van der Waals surface area contributed by atoms with Gasteiger partial charge >= 0.3 is 0 Å². The number of thioether (sulfide) groups is 1. The minimum Gasteiger partial charge on any atom is -0.353 e. The van der Waals surface area contributed by atoms with Crippen LogP contribution in [0.3, 0.4) is 0 Å². The molecule has 1 saturated heterocycles. The lowest BCUT2D eigenvalue weighted by molar-refractivity contribution is 0.629. The SMILES string of the molecule is CCc1cnc(N2CCN(c3nc(SC)ncc3C)CC2)nc1. The highest BCUT2D eigenvalue weighted by Crippen LogP contribution is 2.22. The van der Waals surface area contributed by atoms with Crippen LogP contribution < -0.4 is 9.80 Å². The van der Waals surface area contributed by atoms with Gasteiger partial charge in [0.2, 0.25) is 5.95 Å². The van der Waals surface area contributed by atoms with Crippen molar-refractivity contribution < 1.29 is 0 Å². The monoisotopic (exact) mass is 330 g/mol. The van der Waals surface area contributed by atoms with Gasteiger partial charge in [0, 0.05) is 50.3 Å². The predicted octanol–water partition coefficient (Wildman–Crippen LogP) is 2.19. The first-order chi connectivity index (χ1) is 11.2. The highest BCUT2D eigenvalue weighted by Gasteiger charge is 2.21. The van der Waals surface area contributed by atoms with Crippen LogP contribution in [0.15, 0.2) is 23.7 Å². The van der Waals surface area contributed by atoms with E-state index in [0.29, 0.717) is 0 Å². The van der Waals surface area contributed by atoms with Crippen molar-refractivity contribution in [3.63, 3.8) is 0 Å². The molecule has 3 heterocycles. The summed E-state index contributed by atoms with van der Waals surface area (Å²) in [4.78, 5) is 22.5. The molecular formula is C16H22N6S. The minimum atomic E-state index is 0.825. The van der Waals surface area contributed by atoms with E-state index in [9.17, 15) is 0 Å². The molecule has 1 aliphatic rings. The molecule has 0 spiro atoms. The molecule has 0 aliphatic carbocycles. The summed E-state index contributed by atoms with van der Waals surface area (Å²) in [7, 11) is 0. The maximum Gasteiger partial charge on any atom is 0.225 e. The molecule has 0 amide bonds. The first kappa shape index (κ1) is 16.0. The standard InChI is InChI=1S/C16H22N6S/c1-4-13-10-17-15(18-11-13)22-7-5-21(6-8-22)14-12(2)9-19-16(20-14)23-3/h9-11H,4-8H2,1-3H3. The first-order valence-electron chi connectivity index (χ1n) is 7.89. The van der Waals surface area contributed by atoms with Gasteiger partial charge in [-0.3, -0.25) is 0 Å². The van der Waals surface area contributed by atoms with E-state index in [-0.39, 0.29) is 0 Å². The van der Waals surface area contributed by atoms with E-state index in [1.165, 1.54) is 5.56 Å². The Morgan fingerprint density at radius 2 is 1.65 bits per heavy atom. The van der Waals surface area contributed by atoms with Crippen molar-refractivity contribution in [3.8, 4) is 0 Å². The Morgan fingerprint density at radius 3 is 2.26 bits per heavy atom. The molecule has 0 bridgehead atoms. The van der Waals surface area contributed by atoms with Gasteiger partial charge in [-0.1, -0.05) is 18.7 Å². The van der Waals surface area contributed by atoms with Gasteiger partial charge in [-0.2, -0.15) is 0 Å². The molecule has 23 heavy (non-hydrogen) atoms. The molecule has 0 N–H and O–H groups in total. The smallest absolute Gasteiger partial charge is 0.225 e. The van der Waals surface area contributed by atoms with Gasteiger partial charge in [0.25, 0.3) is 0 Å². The fraction of sp³-hybridized carbons (Fsp3) is 0.500. The van der Waals surface area contributed by atoms with Crippen LogP contribution in [0.2, 0.25) is 0 Å². The Labute approximate surface area is 141 Å². The number of rotatable bonds is 4. The number of nitrogens with zero attached hydrogens (tertiary/aromatic N) is 6. The molecule has 1 aliphatic heterocycles. The number of piperazine rings is 1. The summed E-state index contributed by atoms with van der Waals surface area (Å²) >= 11 is 1.58. The molecule has 2 aromatic rings. The molecular weight excluding hydrogens is 308 g/mol. The highest BCUT2D eigenvalue weighted by atomic mass is 32.2. The van der Waals surface area contributed by atoms with Gasteiger partial charge in [0.15, 0.2) is 5.16 Å². The lowest BCUT2D eigenvalue weighted by Gasteiger charge is -2.36. The van der Waals surface area contributed by atoms with Gasteiger partial charge in [0.05, 0.1) is 0 Å². The molecule has 122 valence electrons. The largest absolute Gasteiger partial charge is 0.353 e. The molecule has 3 rings (SSSR count). The fourth-order valence-electron chi connectivity index (χ4n) is 2.65. The van der Waals surface area contributed by atoms with Crippen molar-refractivity contribution in [1.29, 1.82) is 0 Å². The lowest BCUT2D eigenvalue weighted by atomic mass is 10.2. The fourth-order valence-corrected chi connectivity index (χ4v) is 2.98. The van der Waals surface area contributed by atoms with Crippen LogP contribution in [0, 0.1) is 6.92 Å². The van der Waals surface area contributed by atoms with Gasteiger partial charge in [-0.15, -0.1) is 0 Å². The molecule has 0 unspecified atom stereocenters. The maximum absolute atomic E-state index is 4.66. The number of hydrogen-bond acceptors (Lipinski definition) is 7. The van der Waals surface area contributed by atoms with Crippen molar-refractivity contribution >= 4 is 23.5 Å². The van der Waals surface area contributed by atoms with Crippen LogP contribution in [0.25, 0.3) is 0 Å².